The van der Waals surface area contributed by atoms with Crippen LogP contribution in [-0.2, 0) is 6.54 Å². The summed E-state index contributed by atoms with van der Waals surface area (Å²) in [4.78, 5) is 6.99. The van der Waals surface area contributed by atoms with Gasteiger partial charge in [0.25, 0.3) is 0 Å². The predicted octanol–water partition coefficient (Wildman–Crippen LogP) is 4.49. The highest BCUT2D eigenvalue weighted by atomic mass is 16.5. The molecule has 0 aliphatic heterocycles. The van der Waals surface area contributed by atoms with Crippen molar-refractivity contribution in [2.75, 3.05) is 32.6 Å². The minimum absolute atomic E-state index is 0.817. The van der Waals surface area contributed by atoms with Crippen molar-refractivity contribution in [1.82, 2.24) is 9.88 Å². The lowest BCUT2D eigenvalue weighted by molar-refractivity contribution is 0.325. The monoisotopic (exact) mass is 349 g/mol. The molecule has 0 aliphatic rings. The molecule has 0 fully saturated rings. The number of anilines is 1. The molecule has 4 nitrogen and oxygen atoms in total. The third-order valence-electron chi connectivity index (χ3n) is 4.48. The topological polar surface area (TPSA) is 37.4 Å². The summed E-state index contributed by atoms with van der Waals surface area (Å²) in [5.41, 5.74) is 4.38. The van der Waals surface area contributed by atoms with E-state index < -0.39 is 0 Å². The third kappa shape index (κ3) is 4.52. The number of hydrogen-bond donors (Lipinski definition) is 1. The Morgan fingerprint density at radius 1 is 1.08 bits per heavy atom. The Morgan fingerprint density at radius 2 is 1.88 bits per heavy atom. The van der Waals surface area contributed by atoms with Crippen molar-refractivity contribution in [1.29, 1.82) is 0 Å². The zero-order valence-corrected chi connectivity index (χ0v) is 15.8. The molecule has 26 heavy (non-hydrogen) atoms. The first-order chi connectivity index (χ1) is 12.7. The van der Waals surface area contributed by atoms with Gasteiger partial charge in [-0.05, 0) is 44.6 Å². The first kappa shape index (κ1) is 18.2. The van der Waals surface area contributed by atoms with Crippen molar-refractivity contribution in [3.8, 4) is 5.75 Å². The number of aromatic nitrogens is 1. The molecule has 0 radical (unpaired) electrons. The van der Waals surface area contributed by atoms with E-state index in [1.807, 2.05) is 19.1 Å². The zero-order valence-electron chi connectivity index (χ0n) is 15.8. The minimum Gasteiger partial charge on any atom is -0.494 e. The molecule has 2 aromatic carbocycles. The Labute approximate surface area is 155 Å². The lowest BCUT2D eigenvalue weighted by Crippen LogP contribution is -2.21. The Hall–Kier alpha value is -2.59. The van der Waals surface area contributed by atoms with Crippen molar-refractivity contribution in [3.63, 3.8) is 0 Å². The van der Waals surface area contributed by atoms with E-state index >= 15 is 0 Å². The van der Waals surface area contributed by atoms with Gasteiger partial charge in [-0.3, -0.25) is 0 Å². The molecule has 1 aromatic heterocycles. The van der Waals surface area contributed by atoms with Crippen LogP contribution in [0.3, 0.4) is 0 Å². The van der Waals surface area contributed by atoms with Crippen LogP contribution in [0.2, 0.25) is 0 Å². The number of benzene rings is 2. The Balaban J connectivity index is 1.58. The fraction of sp³-hybridized carbons (Fsp3) is 0.318. The molecule has 0 amide bonds. The fourth-order valence-corrected chi connectivity index (χ4v) is 3.21. The highest BCUT2D eigenvalue weighted by molar-refractivity contribution is 5.95. The molecule has 3 rings (SSSR count). The SMILES string of the molecule is COc1cccc2c(NCCCN(C)Cc3ccccc3)cc(C)nc12. The number of rotatable bonds is 8. The van der Waals surface area contributed by atoms with E-state index in [9.17, 15) is 0 Å². The van der Waals surface area contributed by atoms with Crippen molar-refractivity contribution in [2.45, 2.75) is 19.9 Å². The molecule has 4 heteroatoms. The van der Waals surface area contributed by atoms with Gasteiger partial charge in [-0.25, -0.2) is 4.98 Å². The molecule has 3 aromatic rings. The zero-order chi connectivity index (χ0) is 18.4. The highest BCUT2D eigenvalue weighted by Crippen LogP contribution is 2.29. The number of hydrogen-bond acceptors (Lipinski definition) is 4. The van der Waals surface area contributed by atoms with E-state index in [2.05, 4.69) is 64.7 Å². The summed E-state index contributed by atoms with van der Waals surface area (Å²) in [7, 11) is 3.86. The van der Waals surface area contributed by atoms with Crippen LogP contribution in [-0.4, -0.2) is 37.1 Å². The van der Waals surface area contributed by atoms with Crippen molar-refractivity contribution < 1.29 is 4.74 Å². The van der Waals surface area contributed by atoms with Gasteiger partial charge in [-0.2, -0.15) is 0 Å². The molecular formula is C22H27N3O. The summed E-state index contributed by atoms with van der Waals surface area (Å²) < 4.78 is 5.45. The third-order valence-corrected chi connectivity index (χ3v) is 4.48. The van der Waals surface area contributed by atoms with E-state index in [-0.39, 0.29) is 0 Å². The van der Waals surface area contributed by atoms with Crippen LogP contribution >= 0.6 is 0 Å². The number of methoxy groups -OCH3 is 1. The van der Waals surface area contributed by atoms with E-state index in [1.54, 1.807) is 7.11 Å². The maximum Gasteiger partial charge on any atom is 0.145 e. The molecule has 0 saturated carbocycles. The summed E-state index contributed by atoms with van der Waals surface area (Å²) in [6.07, 6.45) is 1.08. The van der Waals surface area contributed by atoms with Crippen LogP contribution in [0.15, 0.2) is 54.6 Å². The largest absolute Gasteiger partial charge is 0.494 e. The second-order valence-electron chi connectivity index (χ2n) is 6.67. The lowest BCUT2D eigenvalue weighted by atomic mass is 10.1. The molecule has 0 aliphatic carbocycles. The van der Waals surface area contributed by atoms with Gasteiger partial charge in [0.05, 0.1) is 7.11 Å². The molecule has 0 bridgehead atoms. The highest BCUT2D eigenvalue weighted by Gasteiger charge is 2.08. The molecule has 1 N–H and O–H groups in total. The minimum atomic E-state index is 0.817. The number of fused-ring (bicyclic) bond motifs is 1. The summed E-state index contributed by atoms with van der Waals surface area (Å²) in [5.74, 6) is 0.817. The maximum absolute atomic E-state index is 5.45. The number of aryl methyl sites for hydroxylation is 1. The van der Waals surface area contributed by atoms with Crippen LogP contribution in [0.5, 0.6) is 5.75 Å². The van der Waals surface area contributed by atoms with Crippen molar-refractivity contribution >= 4 is 16.6 Å². The van der Waals surface area contributed by atoms with E-state index in [1.165, 1.54) is 5.56 Å². The van der Waals surface area contributed by atoms with Crippen LogP contribution in [0.1, 0.15) is 17.7 Å². The summed E-state index contributed by atoms with van der Waals surface area (Å²) in [6.45, 7) is 4.97. The maximum atomic E-state index is 5.45. The van der Waals surface area contributed by atoms with Crippen LogP contribution < -0.4 is 10.1 Å². The summed E-state index contributed by atoms with van der Waals surface area (Å²) >= 11 is 0. The second kappa shape index (κ2) is 8.68. The number of nitrogens with one attached hydrogen (secondary N) is 1. The standard InChI is InChI=1S/C22H27N3O/c1-17-15-20(19-11-7-12-21(26-3)22(19)24-17)23-13-8-14-25(2)16-18-9-5-4-6-10-18/h4-7,9-12,15H,8,13-14,16H2,1-3H3,(H,23,24). The Morgan fingerprint density at radius 3 is 2.65 bits per heavy atom. The summed E-state index contributed by atoms with van der Waals surface area (Å²) in [6, 6.07) is 18.8. The molecular weight excluding hydrogens is 322 g/mol. The van der Waals surface area contributed by atoms with Crippen LogP contribution in [0.25, 0.3) is 10.9 Å². The molecule has 0 atom stereocenters. The average Bonchev–Trinajstić information content (AvgIpc) is 2.65. The number of para-hydroxylation sites is 1. The van der Waals surface area contributed by atoms with Gasteiger partial charge in [-0.15, -0.1) is 0 Å². The summed E-state index contributed by atoms with van der Waals surface area (Å²) in [5, 5.41) is 4.68. The smallest absolute Gasteiger partial charge is 0.145 e. The quantitative estimate of drug-likeness (QED) is 0.608. The molecule has 136 valence electrons. The van der Waals surface area contributed by atoms with Gasteiger partial charge in [0, 0.05) is 29.9 Å². The van der Waals surface area contributed by atoms with Gasteiger partial charge in [0.15, 0.2) is 0 Å². The van der Waals surface area contributed by atoms with Gasteiger partial charge in [0.1, 0.15) is 11.3 Å². The van der Waals surface area contributed by atoms with Crippen molar-refractivity contribution in [2.24, 2.45) is 0 Å². The Bertz CT molecular complexity index is 849. The normalized spacial score (nSPS) is 11.1. The number of ether oxygens (including phenoxy) is 1. The van der Waals surface area contributed by atoms with E-state index in [0.29, 0.717) is 0 Å². The molecule has 0 unspecified atom stereocenters. The molecule has 1 heterocycles. The fourth-order valence-electron chi connectivity index (χ4n) is 3.21. The molecule has 0 spiro atoms. The number of nitrogens with zero attached hydrogens (tertiary/aromatic N) is 2. The van der Waals surface area contributed by atoms with Gasteiger partial charge in [0.2, 0.25) is 0 Å². The van der Waals surface area contributed by atoms with Gasteiger partial charge < -0.3 is 15.0 Å². The molecule has 0 saturated heterocycles. The van der Waals surface area contributed by atoms with Crippen LogP contribution in [0.4, 0.5) is 5.69 Å². The van der Waals surface area contributed by atoms with Crippen molar-refractivity contribution in [3.05, 3.63) is 65.9 Å². The second-order valence-corrected chi connectivity index (χ2v) is 6.67. The average molecular weight is 349 g/mol. The first-order valence-electron chi connectivity index (χ1n) is 9.08. The predicted molar refractivity (Wildman–Crippen MR) is 109 cm³/mol. The van der Waals surface area contributed by atoms with Gasteiger partial charge >= 0.3 is 0 Å². The van der Waals surface area contributed by atoms with E-state index in [0.717, 1.165) is 54.1 Å². The van der Waals surface area contributed by atoms with E-state index in [4.69, 9.17) is 4.74 Å². The lowest BCUT2D eigenvalue weighted by Gasteiger charge is -2.17. The van der Waals surface area contributed by atoms with Crippen LogP contribution in [0, 0.1) is 6.92 Å². The van der Waals surface area contributed by atoms with Gasteiger partial charge in [-0.1, -0.05) is 42.5 Å². The Kier molecular flexibility index (Phi) is 6.08. The first-order valence-corrected chi connectivity index (χ1v) is 9.08. The number of pyridine rings is 1.